The number of hydrogen-bond acceptors (Lipinski definition) is 3. The van der Waals surface area contributed by atoms with E-state index in [1.54, 1.807) is 0 Å². The first-order valence-electron chi connectivity index (χ1n) is 13.8. The van der Waals surface area contributed by atoms with Gasteiger partial charge in [-0.25, -0.2) is 0 Å². The number of aliphatic hydroxyl groups is 1. The Kier molecular flexibility index (Phi) is 6.35. The van der Waals surface area contributed by atoms with Crippen molar-refractivity contribution in [1.82, 2.24) is 0 Å². The largest absolute Gasteiger partial charge is 0.459 e. The third kappa shape index (κ3) is 4.41. The zero-order valence-electron chi connectivity index (χ0n) is 21.9. The standard InChI is InChI=1S/C29H50O3/c1-7-8-10-14-26(4,5)27(6)19-25(2,3)13-11-9-12-23-21-15-28(31)16-22(23)18-29(17-21,20-28)32-24(27)30/h21-23,31H,7-20H2,1-6H3. The quantitative estimate of drug-likeness (QED) is 0.352. The molecule has 0 aromatic rings. The van der Waals surface area contributed by atoms with Crippen molar-refractivity contribution < 1.29 is 14.6 Å². The van der Waals surface area contributed by atoms with E-state index in [1.165, 1.54) is 44.9 Å². The van der Waals surface area contributed by atoms with E-state index in [1.807, 2.05) is 0 Å². The summed E-state index contributed by atoms with van der Waals surface area (Å²) in [6.07, 6.45) is 15.1. The summed E-state index contributed by atoms with van der Waals surface area (Å²) < 4.78 is 6.68. The van der Waals surface area contributed by atoms with Gasteiger partial charge in [0.2, 0.25) is 0 Å². The second-order valence-electron chi connectivity index (χ2n) is 14.2. The maximum Gasteiger partial charge on any atom is 0.312 e. The normalized spacial score (nSPS) is 44.0. The van der Waals surface area contributed by atoms with E-state index >= 15 is 0 Å². The molecule has 3 unspecified atom stereocenters. The number of unbranched alkanes of at least 4 members (excludes halogenated alkanes) is 2. The van der Waals surface area contributed by atoms with Crippen molar-refractivity contribution in [2.24, 2.45) is 34.0 Å². The Hall–Kier alpha value is -0.570. The Bertz CT molecular complexity index is 691. The zero-order valence-corrected chi connectivity index (χ0v) is 21.9. The van der Waals surface area contributed by atoms with E-state index < -0.39 is 16.6 Å². The summed E-state index contributed by atoms with van der Waals surface area (Å²) in [4.78, 5) is 14.2. The van der Waals surface area contributed by atoms with E-state index in [9.17, 15) is 9.90 Å². The van der Waals surface area contributed by atoms with Crippen LogP contribution in [0, 0.1) is 34.0 Å². The number of carbonyl (C=O) groups is 1. The molecular weight excluding hydrogens is 396 g/mol. The molecule has 6 fully saturated rings. The summed E-state index contributed by atoms with van der Waals surface area (Å²) >= 11 is 0. The molecule has 4 saturated carbocycles. The number of carbonyl (C=O) groups excluding carboxylic acids is 1. The molecule has 184 valence electrons. The fourth-order valence-electron chi connectivity index (χ4n) is 8.73. The number of esters is 1. The van der Waals surface area contributed by atoms with Gasteiger partial charge in [0.1, 0.15) is 5.60 Å². The highest BCUT2D eigenvalue weighted by atomic mass is 16.6. The molecular formula is C29H50O3. The fraction of sp³-hybridized carbons (Fsp3) is 0.966. The van der Waals surface area contributed by atoms with Crippen molar-refractivity contribution in [1.29, 1.82) is 0 Å². The summed E-state index contributed by atoms with van der Waals surface area (Å²) in [6.45, 7) is 13.8. The van der Waals surface area contributed by atoms with E-state index in [0.717, 1.165) is 44.4 Å². The lowest BCUT2D eigenvalue weighted by molar-refractivity contribution is -0.243. The first kappa shape index (κ1) is 24.6. The first-order valence-corrected chi connectivity index (χ1v) is 13.8. The molecule has 2 heterocycles. The predicted molar refractivity (Wildman–Crippen MR) is 130 cm³/mol. The number of ether oxygens (including phenoxy) is 1. The van der Waals surface area contributed by atoms with E-state index in [0.29, 0.717) is 18.3 Å². The maximum absolute atomic E-state index is 14.2. The van der Waals surface area contributed by atoms with E-state index in [4.69, 9.17) is 4.74 Å². The van der Waals surface area contributed by atoms with Gasteiger partial charge in [0.05, 0.1) is 11.0 Å². The third-order valence-corrected chi connectivity index (χ3v) is 10.5. The summed E-state index contributed by atoms with van der Waals surface area (Å²) in [7, 11) is 0. The van der Waals surface area contributed by atoms with Crippen molar-refractivity contribution in [2.45, 2.75) is 143 Å². The molecule has 6 rings (SSSR count). The van der Waals surface area contributed by atoms with Crippen LogP contribution in [0.5, 0.6) is 0 Å². The van der Waals surface area contributed by atoms with Crippen molar-refractivity contribution in [3.63, 3.8) is 0 Å². The lowest BCUT2D eigenvalue weighted by atomic mass is 9.47. The summed E-state index contributed by atoms with van der Waals surface area (Å²) in [5.74, 6) is 1.81. The molecule has 3 heteroatoms. The topological polar surface area (TPSA) is 46.5 Å². The first-order chi connectivity index (χ1) is 14.8. The summed E-state index contributed by atoms with van der Waals surface area (Å²) in [5, 5.41) is 11.4. The van der Waals surface area contributed by atoms with Crippen LogP contribution in [0.25, 0.3) is 0 Å². The van der Waals surface area contributed by atoms with Crippen LogP contribution in [-0.4, -0.2) is 22.3 Å². The van der Waals surface area contributed by atoms with Gasteiger partial charge in [0.25, 0.3) is 0 Å². The van der Waals surface area contributed by atoms with Crippen LogP contribution in [-0.2, 0) is 9.53 Å². The van der Waals surface area contributed by atoms with Gasteiger partial charge in [0, 0.05) is 6.42 Å². The Labute approximate surface area is 197 Å². The predicted octanol–water partition coefficient (Wildman–Crippen LogP) is 7.44. The second kappa shape index (κ2) is 8.28. The van der Waals surface area contributed by atoms with Crippen molar-refractivity contribution in [3.8, 4) is 0 Å². The van der Waals surface area contributed by atoms with Gasteiger partial charge < -0.3 is 9.84 Å². The summed E-state index contributed by atoms with van der Waals surface area (Å²) in [6, 6.07) is 0. The lowest BCUT2D eigenvalue weighted by Gasteiger charge is -2.63. The molecule has 2 saturated heterocycles. The van der Waals surface area contributed by atoms with Gasteiger partial charge >= 0.3 is 5.97 Å². The molecule has 32 heavy (non-hydrogen) atoms. The summed E-state index contributed by atoms with van der Waals surface area (Å²) in [5.41, 5.74) is -1.53. The monoisotopic (exact) mass is 446 g/mol. The molecule has 1 spiro atoms. The van der Waals surface area contributed by atoms with E-state index in [-0.39, 0.29) is 16.8 Å². The van der Waals surface area contributed by atoms with Crippen LogP contribution >= 0.6 is 0 Å². The minimum atomic E-state index is -0.602. The molecule has 0 aromatic heterocycles. The minimum absolute atomic E-state index is 0.0217. The average molecular weight is 447 g/mol. The third-order valence-electron chi connectivity index (χ3n) is 10.5. The molecule has 3 atom stereocenters. The Morgan fingerprint density at radius 1 is 1.00 bits per heavy atom. The van der Waals surface area contributed by atoms with Gasteiger partial charge in [-0.2, -0.15) is 0 Å². The molecule has 5 bridgehead atoms. The fourth-order valence-corrected chi connectivity index (χ4v) is 8.73. The minimum Gasteiger partial charge on any atom is -0.459 e. The van der Waals surface area contributed by atoms with E-state index in [2.05, 4.69) is 41.5 Å². The molecule has 3 nitrogen and oxygen atoms in total. The average Bonchev–Trinajstić information content (AvgIpc) is 2.64. The van der Waals surface area contributed by atoms with Crippen LogP contribution in [0.3, 0.4) is 0 Å². The van der Waals surface area contributed by atoms with Gasteiger partial charge in [-0.1, -0.05) is 66.7 Å². The highest BCUT2D eigenvalue weighted by Crippen LogP contribution is 2.63. The highest BCUT2D eigenvalue weighted by molar-refractivity contribution is 5.78. The van der Waals surface area contributed by atoms with Crippen LogP contribution in [0.1, 0.15) is 131 Å². The highest BCUT2D eigenvalue weighted by Gasteiger charge is 2.63. The lowest BCUT2D eigenvalue weighted by Crippen LogP contribution is -2.64. The van der Waals surface area contributed by atoms with Crippen molar-refractivity contribution in [2.75, 3.05) is 0 Å². The number of fused-ring (bicyclic) bond motifs is 8. The Balaban J connectivity index is 1.68. The van der Waals surface area contributed by atoms with Gasteiger partial charge in [0.15, 0.2) is 0 Å². The van der Waals surface area contributed by atoms with Gasteiger partial charge in [-0.3, -0.25) is 4.79 Å². The molecule has 4 aliphatic carbocycles. The Morgan fingerprint density at radius 2 is 1.66 bits per heavy atom. The van der Waals surface area contributed by atoms with Gasteiger partial charge in [-0.05, 0) is 86.9 Å². The van der Waals surface area contributed by atoms with Crippen molar-refractivity contribution >= 4 is 5.97 Å². The van der Waals surface area contributed by atoms with Crippen LogP contribution < -0.4 is 0 Å². The van der Waals surface area contributed by atoms with Crippen LogP contribution in [0.2, 0.25) is 0 Å². The molecule has 0 amide bonds. The van der Waals surface area contributed by atoms with Crippen molar-refractivity contribution in [3.05, 3.63) is 0 Å². The van der Waals surface area contributed by atoms with Gasteiger partial charge in [-0.15, -0.1) is 0 Å². The number of rotatable bonds is 5. The smallest absolute Gasteiger partial charge is 0.312 e. The maximum atomic E-state index is 14.2. The second-order valence-corrected chi connectivity index (χ2v) is 14.2. The zero-order chi connectivity index (χ0) is 23.4. The molecule has 6 aliphatic rings. The Morgan fingerprint density at radius 3 is 2.28 bits per heavy atom. The van der Waals surface area contributed by atoms with Crippen LogP contribution in [0.15, 0.2) is 0 Å². The number of hydrogen-bond donors (Lipinski definition) is 1. The SMILES string of the molecule is CCCCCC(C)(C)C1(C)CC(C)(C)CCCCC2C3CC4(O)CC2CC(C3)(C4)OC1=O. The molecule has 1 N–H and O–H groups in total. The molecule has 0 radical (unpaired) electrons. The molecule has 0 aromatic carbocycles. The molecule has 2 aliphatic heterocycles. The van der Waals surface area contributed by atoms with Crippen LogP contribution in [0.4, 0.5) is 0 Å².